The van der Waals surface area contributed by atoms with Crippen LogP contribution in [-0.4, -0.2) is 26.3 Å². The van der Waals surface area contributed by atoms with Crippen LogP contribution < -0.4 is 14.1 Å². The third-order valence-corrected chi connectivity index (χ3v) is 8.11. The van der Waals surface area contributed by atoms with Crippen molar-refractivity contribution >= 4 is 33.3 Å². The molecule has 2 fully saturated rings. The average Bonchev–Trinajstić information content (AvgIpc) is 3.45. The molecule has 9 heteroatoms. The van der Waals surface area contributed by atoms with Gasteiger partial charge in [-0.05, 0) is 66.6 Å². The Balaban J connectivity index is 1.35. The Kier molecular flexibility index (Phi) is 6.17. The summed E-state index contributed by atoms with van der Waals surface area (Å²) in [7, 11) is -4.01. The molecule has 2 saturated heterocycles. The maximum atomic E-state index is 13.8. The molecule has 4 aromatic rings. The minimum atomic E-state index is -4.01. The second-order valence-electron chi connectivity index (χ2n) is 9.43. The number of amides is 2. The molecule has 4 aromatic carbocycles. The molecular weight excluding hydrogens is 516 g/mol. The van der Waals surface area contributed by atoms with Gasteiger partial charge in [0.2, 0.25) is 5.91 Å². The zero-order valence-electron chi connectivity index (χ0n) is 20.9. The summed E-state index contributed by atoms with van der Waals surface area (Å²) in [6.45, 7) is 1.90. The fourth-order valence-corrected chi connectivity index (χ4v) is 6.01. The Hall–Kier alpha value is -4.47. The van der Waals surface area contributed by atoms with Gasteiger partial charge in [-0.15, -0.1) is 0 Å². The highest BCUT2D eigenvalue weighted by molar-refractivity contribution is 7.87. The molecule has 0 unspecified atom stereocenters. The van der Waals surface area contributed by atoms with Gasteiger partial charge in [0.25, 0.3) is 5.91 Å². The number of carbonyl (C=O) groups is 2. The fraction of sp³-hybridized carbons (Fsp3) is 0.133. The number of hydrogen-bond donors (Lipinski definition) is 0. The lowest BCUT2D eigenvalue weighted by atomic mass is 9.90. The van der Waals surface area contributed by atoms with Gasteiger partial charge in [0.05, 0.1) is 17.4 Å². The van der Waals surface area contributed by atoms with Crippen molar-refractivity contribution in [3.05, 3.63) is 120 Å². The van der Waals surface area contributed by atoms with Gasteiger partial charge in [-0.3, -0.25) is 14.4 Å². The molecule has 39 heavy (non-hydrogen) atoms. The van der Waals surface area contributed by atoms with Crippen molar-refractivity contribution in [3.63, 3.8) is 0 Å². The van der Waals surface area contributed by atoms with E-state index in [0.717, 1.165) is 5.56 Å². The quantitative estimate of drug-likeness (QED) is 0.256. The van der Waals surface area contributed by atoms with Gasteiger partial charge in [-0.1, -0.05) is 60.7 Å². The molecule has 2 heterocycles. The van der Waals surface area contributed by atoms with Crippen LogP contribution in [0.3, 0.4) is 0 Å². The highest BCUT2D eigenvalue weighted by Crippen LogP contribution is 2.47. The normalized spacial score (nSPS) is 20.8. The number of hydrogen-bond acceptors (Lipinski definition) is 7. The zero-order chi connectivity index (χ0) is 27.1. The van der Waals surface area contributed by atoms with Crippen molar-refractivity contribution < 1.29 is 27.0 Å². The maximum absolute atomic E-state index is 13.8. The molecule has 6 rings (SSSR count). The molecule has 0 N–H and O–H groups in total. The van der Waals surface area contributed by atoms with E-state index in [1.54, 1.807) is 53.6 Å². The number of nitrogens with zero attached hydrogens (tertiary/aromatic N) is 2. The second kappa shape index (κ2) is 9.68. The Bertz CT molecular complexity index is 1640. The molecule has 2 amide bonds. The minimum absolute atomic E-state index is 0.0441. The largest absolute Gasteiger partial charge is 0.379 e. The third kappa shape index (κ3) is 4.45. The lowest BCUT2D eigenvalue weighted by Gasteiger charge is -2.29. The van der Waals surface area contributed by atoms with Crippen LogP contribution in [0.25, 0.3) is 0 Å². The number of para-hydroxylation sites is 1. The molecular formula is C30H24N2O6S. The molecule has 3 atom stereocenters. The minimum Gasteiger partial charge on any atom is -0.379 e. The number of aryl methyl sites for hydroxylation is 1. The van der Waals surface area contributed by atoms with E-state index in [2.05, 4.69) is 0 Å². The first-order valence-corrected chi connectivity index (χ1v) is 13.8. The molecule has 0 aromatic heterocycles. The number of anilines is 2. The molecule has 0 saturated carbocycles. The third-order valence-electron chi connectivity index (χ3n) is 6.85. The fourth-order valence-electron chi connectivity index (χ4n) is 5.06. The highest BCUT2D eigenvalue weighted by Gasteiger charge is 2.60. The van der Waals surface area contributed by atoms with Gasteiger partial charge in [0.1, 0.15) is 16.6 Å². The van der Waals surface area contributed by atoms with Crippen molar-refractivity contribution in [2.24, 2.45) is 5.92 Å². The Labute approximate surface area is 226 Å². The Morgan fingerprint density at radius 1 is 0.744 bits per heavy atom. The summed E-state index contributed by atoms with van der Waals surface area (Å²) in [6, 6.07) is 30.1. The molecule has 0 bridgehead atoms. The molecule has 2 aliphatic heterocycles. The van der Waals surface area contributed by atoms with E-state index >= 15 is 0 Å². The van der Waals surface area contributed by atoms with Crippen LogP contribution in [-0.2, 0) is 24.5 Å². The lowest BCUT2D eigenvalue weighted by molar-refractivity contribution is -0.126. The maximum Gasteiger partial charge on any atom is 0.339 e. The number of imide groups is 1. The summed E-state index contributed by atoms with van der Waals surface area (Å²) in [5.41, 5.74) is 2.78. The van der Waals surface area contributed by atoms with Crippen LogP contribution in [0, 0.1) is 12.8 Å². The topological polar surface area (TPSA) is 93.2 Å². The molecule has 8 nitrogen and oxygen atoms in total. The van der Waals surface area contributed by atoms with E-state index in [4.69, 9.17) is 9.02 Å². The SMILES string of the molecule is Cc1cccc(N2C(=O)[C@H]3[C@H](ON(c4ccccc4)[C@@H]3c3ccc(OS(=O)(=O)c4ccccc4)cc3)C2=O)c1. The van der Waals surface area contributed by atoms with Crippen LogP contribution in [0.15, 0.2) is 114 Å². The van der Waals surface area contributed by atoms with E-state index in [1.807, 2.05) is 43.3 Å². The Morgan fingerprint density at radius 3 is 2.05 bits per heavy atom. The van der Waals surface area contributed by atoms with E-state index in [-0.39, 0.29) is 16.6 Å². The average molecular weight is 541 g/mol. The number of benzene rings is 4. The van der Waals surface area contributed by atoms with E-state index < -0.39 is 34.1 Å². The van der Waals surface area contributed by atoms with Gasteiger partial charge in [-0.2, -0.15) is 8.42 Å². The monoisotopic (exact) mass is 540 g/mol. The predicted molar refractivity (Wildman–Crippen MR) is 144 cm³/mol. The first-order valence-electron chi connectivity index (χ1n) is 12.4. The first kappa shape index (κ1) is 24.8. The van der Waals surface area contributed by atoms with E-state index in [9.17, 15) is 18.0 Å². The van der Waals surface area contributed by atoms with Crippen LogP contribution in [0.2, 0.25) is 0 Å². The summed E-state index contributed by atoms with van der Waals surface area (Å²) in [5.74, 6) is -1.46. The summed E-state index contributed by atoms with van der Waals surface area (Å²) in [4.78, 5) is 34.7. The van der Waals surface area contributed by atoms with Gasteiger partial charge in [-0.25, -0.2) is 9.96 Å². The standard InChI is InChI=1S/C30H24N2O6S/c1-20-9-8-12-23(19-20)31-29(33)26-27(32(37-28(26)30(31)34)22-10-4-2-5-11-22)21-15-17-24(18-16-21)38-39(35,36)25-13-6-3-7-14-25/h2-19,26-28H,1H3/t26-,27-,28+/m1/s1. The Morgan fingerprint density at radius 2 is 1.38 bits per heavy atom. The molecule has 0 radical (unpaired) electrons. The molecule has 0 aliphatic carbocycles. The van der Waals surface area contributed by atoms with Crippen LogP contribution in [0.4, 0.5) is 11.4 Å². The van der Waals surface area contributed by atoms with Crippen molar-refractivity contribution in [2.45, 2.75) is 24.0 Å². The van der Waals surface area contributed by atoms with Crippen molar-refractivity contribution in [2.75, 3.05) is 9.96 Å². The van der Waals surface area contributed by atoms with Gasteiger partial charge < -0.3 is 4.18 Å². The zero-order valence-corrected chi connectivity index (χ0v) is 21.7. The summed E-state index contributed by atoms with van der Waals surface area (Å²) in [6.07, 6.45) is -1.00. The van der Waals surface area contributed by atoms with Crippen LogP contribution in [0.5, 0.6) is 5.75 Å². The van der Waals surface area contributed by atoms with Gasteiger partial charge in [0, 0.05) is 0 Å². The smallest absolute Gasteiger partial charge is 0.339 e. The lowest BCUT2D eigenvalue weighted by Crippen LogP contribution is -2.37. The molecule has 196 valence electrons. The van der Waals surface area contributed by atoms with E-state index in [1.165, 1.54) is 29.2 Å². The number of rotatable bonds is 6. The van der Waals surface area contributed by atoms with Crippen molar-refractivity contribution in [3.8, 4) is 5.75 Å². The molecule has 0 spiro atoms. The molecule has 2 aliphatic rings. The number of fused-ring (bicyclic) bond motifs is 1. The van der Waals surface area contributed by atoms with Crippen LogP contribution >= 0.6 is 0 Å². The summed E-state index contributed by atoms with van der Waals surface area (Å²) in [5, 5.41) is 1.59. The van der Waals surface area contributed by atoms with E-state index in [0.29, 0.717) is 16.9 Å². The number of hydroxylamine groups is 1. The summed E-state index contributed by atoms with van der Waals surface area (Å²) < 4.78 is 30.7. The van der Waals surface area contributed by atoms with Crippen molar-refractivity contribution in [1.29, 1.82) is 0 Å². The van der Waals surface area contributed by atoms with Gasteiger partial charge >= 0.3 is 10.1 Å². The second-order valence-corrected chi connectivity index (χ2v) is 11.0. The summed E-state index contributed by atoms with van der Waals surface area (Å²) >= 11 is 0. The highest BCUT2D eigenvalue weighted by atomic mass is 32.2. The van der Waals surface area contributed by atoms with Crippen molar-refractivity contribution in [1.82, 2.24) is 0 Å². The van der Waals surface area contributed by atoms with Gasteiger partial charge in [0.15, 0.2) is 6.10 Å². The first-order chi connectivity index (χ1) is 18.8. The van der Waals surface area contributed by atoms with Crippen LogP contribution in [0.1, 0.15) is 17.2 Å². The number of carbonyl (C=O) groups excluding carboxylic acids is 2. The predicted octanol–water partition coefficient (Wildman–Crippen LogP) is 4.81.